The van der Waals surface area contributed by atoms with Crippen LogP contribution >= 0.6 is 0 Å². The number of benzene rings is 1. The molecule has 0 saturated heterocycles. The highest BCUT2D eigenvalue weighted by atomic mass is 16.5. The Labute approximate surface area is 110 Å². The summed E-state index contributed by atoms with van der Waals surface area (Å²) in [6.07, 6.45) is 0.877. The molecular formula is C14H16N2O3. The fourth-order valence-electron chi connectivity index (χ4n) is 1.83. The monoisotopic (exact) mass is 260 g/mol. The molecule has 0 saturated carbocycles. The average molecular weight is 260 g/mol. The zero-order valence-corrected chi connectivity index (χ0v) is 10.7. The fraction of sp³-hybridized carbons (Fsp3) is 0.286. The normalized spacial score (nSPS) is 10.4. The summed E-state index contributed by atoms with van der Waals surface area (Å²) >= 11 is 0. The summed E-state index contributed by atoms with van der Waals surface area (Å²) in [6, 6.07) is 9.51. The van der Waals surface area contributed by atoms with Crippen molar-refractivity contribution in [3.8, 4) is 0 Å². The zero-order chi connectivity index (χ0) is 13.7. The van der Waals surface area contributed by atoms with E-state index in [4.69, 9.17) is 0 Å². The van der Waals surface area contributed by atoms with Gasteiger partial charge in [0.05, 0.1) is 7.11 Å². The highest BCUT2D eigenvalue weighted by Crippen LogP contribution is 2.14. The lowest BCUT2D eigenvalue weighted by Crippen LogP contribution is -2.25. The molecule has 2 N–H and O–H groups in total. The number of rotatable bonds is 5. The molecule has 0 aliphatic rings. The Balaban J connectivity index is 1.87. The van der Waals surface area contributed by atoms with Crippen LogP contribution in [-0.4, -0.2) is 30.5 Å². The molecule has 0 aliphatic heterocycles. The molecule has 1 amide bonds. The van der Waals surface area contributed by atoms with Crippen LogP contribution in [0.3, 0.4) is 0 Å². The molecule has 19 heavy (non-hydrogen) atoms. The lowest BCUT2D eigenvalue weighted by atomic mass is 10.2. The summed E-state index contributed by atoms with van der Waals surface area (Å²) < 4.78 is 4.52. The number of hydrogen-bond donors (Lipinski definition) is 2. The average Bonchev–Trinajstić information content (AvgIpc) is 2.87. The van der Waals surface area contributed by atoms with Crippen molar-refractivity contribution in [3.05, 3.63) is 36.0 Å². The molecule has 100 valence electrons. The first-order valence-corrected chi connectivity index (χ1v) is 6.13. The smallest absolute Gasteiger partial charge is 0.305 e. The molecule has 2 rings (SSSR count). The van der Waals surface area contributed by atoms with Crippen LogP contribution in [-0.2, 0) is 9.53 Å². The van der Waals surface area contributed by atoms with Gasteiger partial charge in [0.1, 0.15) is 5.69 Å². The highest BCUT2D eigenvalue weighted by molar-refractivity contribution is 5.97. The van der Waals surface area contributed by atoms with Crippen molar-refractivity contribution in [1.82, 2.24) is 10.3 Å². The number of para-hydroxylation sites is 1. The van der Waals surface area contributed by atoms with Crippen LogP contribution in [0.5, 0.6) is 0 Å². The number of aromatic amines is 1. The minimum atomic E-state index is -0.264. The van der Waals surface area contributed by atoms with E-state index in [2.05, 4.69) is 15.0 Å². The molecule has 0 fully saturated rings. The summed E-state index contributed by atoms with van der Waals surface area (Å²) in [5.74, 6) is -0.430. The molecule has 0 radical (unpaired) electrons. The second-order valence-electron chi connectivity index (χ2n) is 4.21. The van der Waals surface area contributed by atoms with Crippen molar-refractivity contribution in [1.29, 1.82) is 0 Å². The Kier molecular flexibility index (Phi) is 4.18. The molecule has 5 heteroatoms. The summed E-state index contributed by atoms with van der Waals surface area (Å²) in [5.41, 5.74) is 1.46. The lowest BCUT2D eigenvalue weighted by Gasteiger charge is -2.02. The Morgan fingerprint density at radius 3 is 2.84 bits per heavy atom. The molecule has 0 spiro atoms. The summed E-state index contributed by atoms with van der Waals surface area (Å²) in [5, 5.41) is 3.76. The first-order chi connectivity index (χ1) is 9.20. The van der Waals surface area contributed by atoms with Gasteiger partial charge in [0.25, 0.3) is 5.91 Å². The minimum Gasteiger partial charge on any atom is -0.469 e. The van der Waals surface area contributed by atoms with Crippen LogP contribution in [0.4, 0.5) is 0 Å². The van der Waals surface area contributed by atoms with E-state index < -0.39 is 0 Å². The van der Waals surface area contributed by atoms with Gasteiger partial charge in [0.15, 0.2) is 0 Å². The summed E-state index contributed by atoms with van der Waals surface area (Å²) in [7, 11) is 1.35. The van der Waals surface area contributed by atoms with E-state index in [1.165, 1.54) is 7.11 Å². The lowest BCUT2D eigenvalue weighted by molar-refractivity contribution is -0.140. The number of carbonyl (C=O) groups is 2. The SMILES string of the molecule is COC(=O)CCCNC(=O)c1cc2ccccc2[nH]1. The van der Waals surface area contributed by atoms with E-state index in [9.17, 15) is 9.59 Å². The van der Waals surface area contributed by atoms with Crippen molar-refractivity contribution in [2.45, 2.75) is 12.8 Å². The van der Waals surface area contributed by atoms with Gasteiger partial charge < -0.3 is 15.0 Å². The number of fused-ring (bicyclic) bond motifs is 1. The Morgan fingerprint density at radius 2 is 2.11 bits per heavy atom. The third-order valence-electron chi connectivity index (χ3n) is 2.85. The van der Waals surface area contributed by atoms with Crippen LogP contribution < -0.4 is 5.32 Å². The van der Waals surface area contributed by atoms with Crippen LogP contribution in [0.2, 0.25) is 0 Å². The van der Waals surface area contributed by atoms with Gasteiger partial charge in [-0.2, -0.15) is 0 Å². The maximum Gasteiger partial charge on any atom is 0.305 e. The molecule has 0 unspecified atom stereocenters. The van der Waals surface area contributed by atoms with Crippen molar-refractivity contribution in [2.75, 3.05) is 13.7 Å². The van der Waals surface area contributed by atoms with Crippen LogP contribution in [0, 0.1) is 0 Å². The number of esters is 1. The predicted octanol–water partition coefficient (Wildman–Crippen LogP) is 1.85. The van der Waals surface area contributed by atoms with Gasteiger partial charge in [-0.05, 0) is 18.6 Å². The topological polar surface area (TPSA) is 71.2 Å². The summed E-state index contributed by atoms with van der Waals surface area (Å²) in [6.45, 7) is 0.448. The molecule has 5 nitrogen and oxygen atoms in total. The van der Waals surface area contributed by atoms with Gasteiger partial charge in [-0.3, -0.25) is 9.59 Å². The highest BCUT2D eigenvalue weighted by Gasteiger charge is 2.08. The number of H-pyrrole nitrogens is 1. The van der Waals surface area contributed by atoms with E-state index in [-0.39, 0.29) is 11.9 Å². The maximum absolute atomic E-state index is 11.9. The molecular weight excluding hydrogens is 244 g/mol. The van der Waals surface area contributed by atoms with Gasteiger partial charge in [0, 0.05) is 23.9 Å². The second kappa shape index (κ2) is 6.04. The minimum absolute atomic E-state index is 0.166. The van der Waals surface area contributed by atoms with Crippen molar-refractivity contribution in [2.24, 2.45) is 0 Å². The fourth-order valence-corrected chi connectivity index (χ4v) is 1.83. The predicted molar refractivity (Wildman–Crippen MR) is 71.9 cm³/mol. The molecule has 0 aliphatic carbocycles. The third-order valence-corrected chi connectivity index (χ3v) is 2.85. The van der Waals surface area contributed by atoms with Crippen LogP contribution in [0.1, 0.15) is 23.3 Å². The first kappa shape index (κ1) is 13.1. The number of hydrogen-bond acceptors (Lipinski definition) is 3. The summed E-state index contributed by atoms with van der Waals surface area (Å²) in [4.78, 5) is 25.8. The van der Waals surface area contributed by atoms with Crippen LogP contribution in [0.25, 0.3) is 10.9 Å². The van der Waals surface area contributed by atoms with Crippen molar-refractivity contribution in [3.63, 3.8) is 0 Å². The van der Waals surface area contributed by atoms with E-state index in [0.717, 1.165) is 10.9 Å². The number of aromatic nitrogens is 1. The van der Waals surface area contributed by atoms with Gasteiger partial charge >= 0.3 is 5.97 Å². The number of methoxy groups -OCH3 is 1. The van der Waals surface area contributed by atoms with Crippen molar-refractivity contribution < 1.29 is 14.3 Å². The van der Waals surface area contributed by atoms with E-state index >= 15 is 0 Å². The van der Waals surface area contributed by atoms with E-state index in [1.807, 2.05) is 30.3 Å². The molecule has 2 aromatic rings. The Bertz CT molecular complexity index is 556. The maximum atomic E-state index is 11.9. The van der Waals surface area contributed by atoms with Gasteiger partial charge in [0.2, 0.25) is 0 Å². The number of carbonyl (C=O) groups excluding carboxylic acids is 2. The van der Waals surface area contributed by atoms with E-state index in [1.54, 1.807) is 0 Å². The Hall–Kier alpha value is -2.30. The first-order valence-electron chi connectivity index (χ1n) is 6.13. The second-order valence-corrected chi connectivity index (χ2v) is 4.21. The molecule has 0 bridgehead atoms. The van der Waals surface area contributed by atoms with E-state index in [0.29, 0.717) is 25.1 Å². The molecule has 0 atom stereocenters. The Morgan fingerprint density at radius 1 is 1.32 bits per heavy atom. The molecule has 1 heterocycles. The standard InChI is InChI=1S/C14H16N2O3/c1-19-13(17)7-4-8-15-14(18)12-9-10-5-2-3-6-11(10)16-12/h2-3,5-6,9,16H,4,7-8H2,1H3,(H,15,18). The third kappa shape index (κ3) is 3.34. The van der Waals surface area contributed by atoms with Gasteiger partial charge in [-0.1, -0.05) is 18.2 Å². The van der Waals surface area contributed by atoms with Crippen molar-refractivity contribution >= 4 is 22.8 Å². The molecule has 1 aromatic carbocycles. The van der Waals surface area contributed by atoms with Gasteiger partial charge in [-0.25, -0.2) is 0 Å². The number of ether oxygens (including phenoxy) is 1. The van der Waals surface area contributed by atoms with Crippen LogP contribution in [0.15, 0.2) is 30.3 Å². The number of nitrogens with one attached hydrogen (secondary N) is 2. The van der Waals surface area contributed by atoms with Gasteiger partial charge in [-0.15, -0.1) is 0 Å². The quantitative estimate of drug-likeness (QED) is 0.636. The molecule has 1 aromatic heterocycles. The zero-order valence-electron chi connectivity index (χ0n) is 10.7. The number of amides is 1. The largest absolute Gasteiger partial charge is 0.469 e.